The van der Waals surface area contributed by atoms with Gasteiger partial charge in [-0.3, -0.25) is 4.79 Å². The lowest BCUT2D eigenvalue weighted by Gasteiger charge is -2.34. The highest BCUT2D eigenvalue weighted by molar-refractivity contribution is 7.80. The van der Waals surface area contributed by atoms with Gasteiger partial charge in [0.25, 0.3) is 0 Å². The summed E-state index contributed by atoms with van der Waals surface area (Å²) in [5.41, 5.74) is 2.46. The third kappa shape index (κ3) is 7.02. The number of nitrogens with one attached hydrogen (secondary N) is 2. The van der Waals surface area contributed by atoms with Gasteiger partial charge in [0.05, 0.1) is 7.11 Å². The molecular weight excluding hydrogens is 394 g/mol. The van der Waals surface area contributed by atoms with Crippen LogP contribution in [0.15, 0.2) is 54.6 Å². The quantitative estimate of drug-likeness (QED) is 0.636. The molecule has 3 rings (SSSR count). The summed E-state index contributed by atoms with van der Waals surface area (Å²) in [6.07, 6.45) is 4.09. The van der Waals surface area contributed by atoms with Crippen molar-refractivity contribution >= 4 is 23.2 Å². The van der Waals surface area contributed by atoms with Crippen LogP contribution in [0.3, 0.4) is 0 Å². The number of likely N-dealkylation sites (tertiary alicyclic amines) is 1. The van der Waals surface area contributed by atoms with E-state index < -0.39 is 0 Å². The van der Waals surface area contributed by atoms with Gasteiger partial charge in [-0.2, -0.15) is 0 Å². The zero-order chi connectivity index (χ0) is 21.2. The van der Waals surface area contributed by atoms with Crippen molar-refractivity contribution in [2.75, 3.05) is 26.7 Å². The molecule has 0 aliphatic carbocycles. The molecule has 2 aromatic rings. The van der Waals surface area contributed by atoms with Crippen molar-refractivity contribution in [3.05, 3.63) is 65.7 Å². The molecule has 0 radical (unpaired) electrons. The minimum atomic E-state index is 0.137. The van der Waals surface area contributed by atoms with Crippen molar-refractivity contribution in [3.63, 3.8) is 0 Å². The molecule has 0 bridgehead atoms. The molecule has 1 aliphatic heterocycles. The summed E-state index contributed by atoms with van der Waals surface area (Å²) >= 11 is 5.56. The van der Waals surface area contributed by atoms with Crippen molar-refractivity contribution in [3.8, 4) is 5.75 Å². The Hall–Kier alpha value is -2.60. The number of benzene rings is 2. The summed E-state index contributed by atoms with van der Waals surface area (Å²) < 4.78 is 5.19. The van der Waals surface area contributed by atoms with E-state index in [2.05, 4.69) is 39.8 Å². The summed E-state index contributed by atoms with van der Waals surface area (Å²) in [6, 6.07) is 18.5. The average molecular weight is 426 g/mol. The number of methoxy groups -OCH3 is 1. The number of amides is 1. The third-order valence-corrected chi connectivity index (χ3v) is 5.88. The van der Waals surface area contributed by atoms with Gasteiger partial charge in [-0.15, -0.1) is 0 Å². The van der Waals surface area contributed by atoms with Crippen molar-refractivity contribution in [1.82, 2.24) is 15.5 Å². The van der Waals surface area contributed by atoms with E-state index in [1.54, 1.807) is 7.11 Å². The molecule has 0 spiro atoms. The van der Waals surface area contributed by atoms with Crippen LogP contribution in [0, 0.1) is 0 Å². The molecule has 0 aromatic heterocycles. The van der Waals surface area contributed by atoms with Gasteiger partial charge in [-0.1, -0.05) is 42.5 Å². The van der Waals surface area contributed by atoms with Gasteiger partial charge in [-0.25, -0.2) is 0 Å². The lowest BCUT2D eigenvalue weighted by atomic mass is 10.0. The molecule has 2 aromatic carbocycles. The van der Waals surface area contributed by atoms with E-state index in [1.807, 2.05) is 30.3 Å². The summed E-state index contributed by atoms with van der Waals surface area (Å²) in [5.74, 6) is 1.01. The van der Waals surface area contributed by atoms with Crippen LogP contribution < -0.4 is 15.4 Å². The molecule has 160 valence electrons. The fourth-order valence-electron chi connectivity index (χ4n) is 3.65. The highest BCUT2D eigenvalue weighted by atomic mass is 32.1. The first kappa shape index (κ1) is 22.1. The maximum absolute atomic E-state index is 12.2. The SMILES string of the molecule is COc1ccc(CCNC(=S)N2CCC(NC(=O)CCc3ccccc3)CC2)cc1. The van der Waals surface area contributed by atoms with Crippen LogP contribution in [0.5, 0.6) is 5.75 Å². The maximum Gasteiger partial charge on any atom is 0.220 e. The lowest BCUT2D eigenvalue weighted by molar-refractivity contribution is -0.122. The van der Waals surface area contributed by atoms with Gasteiger partial charge in [0, 0.05) is 32.1 Å². The Balaban J connectivity index is 1.31. The molecule has 1 fully saturated rings. The Morgan fingerprint density at radius 3 is 2.37 bits per heavy atom. The minimum absolute atomic E-state index is 0.137. The maximum atomic E-state index is 12.2. The summed E-state index contributed by atoms with van der Waals surface area (Å²) in [5, 5.41) is 7.35. The van der Waals surface area contributed by atoms with Crippen LogP contribution >= 0.6 is 12.2 Å². The molecule has 5 nitrogen and oxygen atoms in total. The number of piperidine rings is 1. The highest BCUT2D eigenvalue weighted by Gasteiger charge is 2.21. The normalized spacial score (nSPS) is 14.2. The van der Waals surface area contributed by atoms with Crippen molar-refractivity contribution in [1.29, 1.82) is 0 Å². The number of carbonyl (C=O) groups is 1. The van der Waals surface area contributed by atoms with Crippen LogP contribution in [0.4, 0.5) is 0 Å². The summed E-state index contributed by atoms with van der Waals surface area (Å²) in [4.78, 5) is 14.5. The fourth-order valence-corrected chi connectivity index (χ4v) is 3.93. The molecule has 1 heterocycles. The largest absolute Gasteiger partial charge is 0.497 e. The lowest BCUT2D eigenvalue weighted by Crippen LogP contribution is -2.49. The molecule has 0 saturated carbocycles. The molecule has 1 aliphatic rings. The van der Waals surface area contributed by atoms with Gasteiger partial charge in [0.15, 0.2) is 5.11 Å². The van der Waals surface area contributed by atoms with E-state index in [0.29, 0.717) is 6.42 Å². The molecular formula is C24H31N3O2S. The van der Waals surface area contributed by atoms with E-state index in [9.17, 15) is 4.79 Å². The second-order valence-corrected chi connectivity index (χ2v) is 8.03. The first-order chi connectivity index (χ1) is 14.6. The molecule has 30 heavy (non-hydrogen) atoms. The second kappa shape index (κ2) is 11.6. The van der Waals surface area contributed by atoms with E-state index in [0.717, 1.165) is 56.2 Å². The van der Waals surface area contributed by atoms with E-state index in [-0.39, 0.29) is 11.9 Å². The smallest absolute Gasteiger partial charge is 0.220 e. The van der Waals surface area contributed by atoms with Crippen molar-refractivity contribution in [2.24, 2.45) is 0 Å². The zero-order valence-electron chi connectivity index (χ0n) is 17.6. The number of hydrogen-bond acceptors (Lipinski definition) is 3. The Kier molecular flexibility index (Phi) is 8.51. The number of carbonyl (C=O) groups excluding carboxylic acids is 1. The first-order valence-electron chi connectivity index (χ1n) is 10.6. The number of aryl methyl sites for hydroxylation is 1. The molecule has 0 atom stereocenters. The average Bonchev–Trinajstić information content (AvgIpc) is 2.79. The van der Waals surface area contributed by atoms with Crippen LogP contribution in [-0.2, 0) is 17.6 Å². The number of hydrogen-bond donors (Lipinski definition) is 2. The molecule has 6 heteroatoms. The zero-order valence-corrected chi connectivity index (χ0v) is 18.4. The number of rotatable bonds is 8. The highest BCUT2D eigenvalue weighted by Crippen LogP contribution is 2.13. The van der Waals surface area contributed by atoms with Crippen LogP contribution in [-0.4, -0.2) is 48.7 Å². The fraction of sp³-hybridized carbons (Fsp3) is 0.417. The van der Waals surface area contributed by atoms with Crippen LogP contribution in [0.1, 0.15) is 30.4 Å². The monoisotopic (exact) mass is 425 g/mol. The Morgan fingerprint density at radius 2 is 1.70 bits per heavy atom. The van der Waals surface area contributed by atoms with Gasteiger partial charge in [0.1, 0.15) is 5.75 Å². The van der Waals surface area contributed by atoms with Crippen molar-refractivity contribution < 1.29 is 9.53 Å². The Labute approximate surface area is 184 Å². The van der Waals surface area contributed by atoms with Gasteiger partial charge < -0.3 is 20.3 Å². The van der Waals surface area contributed by atoms with E-state index >= 15 is 0 Å². The third-order valence-electron chi connectivity index (χ3n) is 5.48. The molecule has 0 unspecified atom stereocenters. The predicted molar refractivity (Wildman–Crippen MR) is 125 cm³/mol. The topological polar surface area (TPSA) is 53.6 Å². The first-order valence-corrected chi connectivity index (χ1v) is 11.0. The molecule has 1 amide bonds. The van der Waals surface area contributed by atoms with E-state index in [4.69, 9.17) is 17.0 Å². The van der Waals surface area contributed by atoms with E-state index in [1.165, 1.54) is 11.1 Å². The molecule has 1 saturated heterocycles. The Bertz CT molecular complexity index is 803. The number of nitrogens with zero attached hydrogens (tertiary/aromatic N) is 1. The standard InChI is InChI=1S/C24H31N3O2S/c1-29-22-10-7-20(8-11-22)13-16-25-24(30)27-17-14-21(15-18-27)26-23(28)12-9-19-5-3-2-4-6-19/h2-8,10-11,21H,9,12-18H2,1H3,(H,25,30)(H,26,28). The van der Waals surface area contributed by atoms with Gasteiger partial charge >= 0.3 is 0 Å². The minimum Gasteiger partial charge on any atom is -0.497 e. The van der Waals surface area contributed by atoms with Crippen LogP contribution in [0.2, 0.25) is 0 Å². The predicted octanol–water partition coefficient (Wildman–Crippen LogP) is 3.33. The number of thiocarbonyl (C=S) groups is 1. The van der Waals surface area contributed by atoms with Gasteiger partial charge in [0.2, 0.25) is 5.91 Å². The Morgan fingerprint density at radius 1 is 1.03 bits per heavy atom. The van der Waals surface area contributed by atoms with Gasteiger partial charge in [-0.05, 0) is 61.2 Å². The number of ether oxygens (including phenoxy) is 1. The van der Waals surface area contributed by atoms with Crippen LogP contribution in [0.25, 0.3) is 0 Å². The van der Waals surface area contributed by atoms with Crippen molar-refractivity contribution in [2.45, 2.75) is 38.1 Å². The summed E-state index contributed by atoms with van der Waals surface area (Å²) in [7, 11) is 1.67. The summed E-state index contributed by atoms with van der Waals surface area (Å²) in [6.45, 7) is 2.55. The molecule has 2 N–H and O–H groups in total. The second-order valence-electron chi connectivity index (χ2n) is 7.64.